The number of phenolic OH excluding ortho intramolecular Hbond substituents is 1. The number of primary amides is 1. The maximum atomic E-state index is 14.0. The highest BCUT2D eigenvalue weighted by Crippen LogP contribution is 2.34. The van der Waals surface area contributed by atoms with Crippen LogP contribution in [0.2, 0.25) is 0 Å². The zero-order chi connectivity index (χ0) is 27.8. The molecule has 2 atom stereocenters. The van der Waals surface area contributed by atoms with Crippen LogP contribution in [0.3, 0.4) is 0 Å². The molecule has 0 aliphatic heterocycles. The molecular weight excluding hydrogens is 484 g/mol. The van der Waals surface area contributed by atoms with Crippen molar-refractivity contribution < 1.29 is 38.6 Å². The van der Waals surface area contributed by atoms with Crippen LogP contribution in [0.1, 0.15) is 64.5 Å². The average molecular weight is 521 g/mol. The van der Waals surface area contributed by atoms with Gasteiger partial charge in [0.15, 0.2) is 0 Å². The molecule has 1 aromatic rings. The molecule has 0 saturated heterocycles. The van der Waals surface area contributed by atoms with Crippen molar-refractivity contribution in [2.24, 2.45) is 5.73 Å². The summed E-state index contributed by atoms with van der Waals surface area (Å²) in [5, 5.41) is 15.1. The first kappa shape index (κ1) is 29.4. The molecule has 0 radical (unpaired) electrons. The molecular formula is C25H36N4O8. The van der Waals surface area contributed by atoms with E-state index in [1.165, 1.54) is 30.2 Å². The summed E-state index contributed by atoms with van der Waals surface area (Å²) < 4.78 is 9.88. The standard InChI is InChI=1S/C25H36N4O8/c1-25(2,3)37-24(35)28-18(11-12-19(26)31)23(34)29(16-8-6-9-16)21(15-7-5-10-17(30)13-15)22(33)27-14-20(32)36-4/h5,7,10,13,16,18,21,30H,6,8-9,11-12,14H2,1-4H3,(H2,26,31)(H,27,33)(H,28,35). The zero-order valence-electron chi connectivity index (χ0n) is 21.6. The minimum atomic E-state index is -1.24. The van der Waals surface area contributed by atoms with Crippen molar-refractivity contribution in [1.82, 2.24) is 15.5 Å². The van der Waals surface area contributed by atoms with E-state index < -0.39 is 54.0 Å². The molecule has 1 aliphatic carbocycles. The Morgan fingerprint density at radius 2 is 1.86 bits per heavy atom. The van der Waals surface area contributed by atoms with Gasteiger partial charge in [-0.15, -0.1) is 0 Å². The van der Waals surface area contributed by atoms with Crippen molar-refractivity contribution in [2.75, 3.05) is 13.7 Å². The number of amides is 4. The third kappa shape index (κ3) is 8.96. The Labute approximate surface area is 215 Å². The molecule has 2 rings (SSSR count). The number of esters is 1. The van der Waals surface area contributed by atoms with Crippen molar-refractivity contribution in [3.8, 4) is 5.75 Å². The maximum Gasteiger partial charge on any atom is 0.408 e. The van der Waals surface area contributed by atoms with Gasteiger partial charge >= 0.3 is 12.1 Å². The largest absolute Gasteiger partial charge is 0.508 e. The van der Waals surface area contributed by atoms with Crippen LogP contribution in [0.25, 0.3) is 0 Å². The molecule has 12 heteroatoms. The van der Waals surface area contributed by atoms with E-state index >= 15 is 0 Å². The van der Waals surface area contributed by atoms with Crippen LogP contribution in [0.4, 0.5) is 4.79 Å². The quantitative estimate of drug-likeness (QED) is 0.315. The number of benzene rings is 1. The zero-order valence-corrected chi connectivity index (χ0v) is 21.6. The van der Waals surface area contributed by atoms with Crippen molar-refractivity contribution in [1.29, 1.82) is 0 Å². The first-order valence-electron chi connectivity index (χ1n) is 12.1. The average Bonchev–Trinajstić information content (AvgIpc) is 2.76. The van der Waals surface area contributed by atoms with Crippen LogP contribution in [-0.2, 0) is 28.7 Å². The molecule has 4 amide bonds. The molecule has 0 heterocycles. The monoisotopic (exact) mass is 520 g/mol. The third-order valence-electron chi connectivity index (χ3n) is 5.74. The summed E-state index contributed by atoms with van der Waals surface area (Å²) in [4.78, 5) is 64.4. The molecule has 12 nitrogen and oxygen atoms in total. The van der Waals surface area contributed by atoms with Crippen molar-refractivity contribution in [3.63, 3.8) is 0 Å². The number of nitrogens with one attached hydrogen (secondary N) is 2. The highest BCUT2D eigenvalue weighted by Gasteiger charge is 2.42. The van der Waals surface area contributed by atoms with Crippen molar-refractivity contribution in [3.05, 3.63) is 29.8 Å². The number of nitrogens with zero attached hydrogens (tertiary/aromatic N) is 1. The highest BCUT2D eigenvalue weighted by molar-refractivity contribution is 5.93. The molecule has 1 aromatic carbocycles. The molecule has 1 aliphatic rings. The number of ether oxygens (including phenoxy) is 2. The second kappa shape index (κ2) is 12.9. The number of nitrogens with two attached hydrogens (primary N) is 1. The molecule has 0 bridgehead atoms. The summed E-state index contributed by atoms with van der Waals surface area (Å²) in [5.74, 6) is -2.78. The highest BCUT2D eigenvalue weighted by atomic mass is 16.6. The van der Waals surface area contributed by atoms with E-state index in [1.54, 1.807) is 26.8 Å². The van der Waals surface area contributed by atoms with Crippen LogP contribution < -0.4 is 16.4 Å². The van der Waals surface area contributed by atoms with Gasteiger partial charge in [0, 0.05) is 12.5 Å². The Morgan fingerprint density at radius 3 is 2.38 bits per heavy atom. The topological polar surface area (TPSA) is 177 Å². The van der Waals surface area contributed by atoms with Crippen molar-refractivity contribution >= 4 is 29.8 Å². The van der Waals surface area contributed by atoms with Gasteiger partial charge in [-0.05, 0) is 64.2 Å². The third-order valence-corrected chi connectivity index (χ3v) is 5.74. The first-order chi connectivity index (χ1) is 17.3. The van der Waals surface area contributed by atoms with E-state index in [-0.39, 0.29) is 24.6 Å². The number of carbonyl (C=O) groups excluding carboxylic acids is 5. The lowest BCUT2D eigenvalue weighted by molar-refractivity contribution is -0.148. The number of phenols is 1. The molecule has 0 aromatic heterocycles. The number of aromatic hydroxyl groups is 1. The Kier molecular flexibility index (Phi) is 10.3. The van der Waals surface area contributed by atoms with Crippen LogP contribution in [0.5, 0.6) is 5.75 Å². The van der Waals surface area contributed by atoms with E-state index in [9.17, 15) is 29.1 Å². The summed E-state index contributed by atoms with van der Waals surface area (Å²) in [5.41, 5.74) is 4.76. The van der Waals surface area contributed by atoms with E-state index in [0.717, 1.165) is 6.42 Å². The fourth-order valence-electron chi connectivity index (χ4n) is 3.82. The fraction of sp³-hybridized carbons (Fsp3) is 0.560. The van der Waals surface area contributed by atoms with Gasteiger partial charge < -0.3 is 35.8 Å². The number of hydrogen-bond acceptors (Lipinski definition) is 8. The summed E-state index contributed by atoms with van der Waals surface area (Å²) in [6.45, 7) is 4.56. The SMILES string of the molecule is COC(=O)CNC(=O)C(c1cccc(O)c1)N(C(=O)C(CCC(N)=O)NC(=O)OC(C)(C)C)C1CCC1. The molecule has 0 spiro atoms. The van der Waals surface area contributed by atoms with Crippen LogP contribution >= 0.6 is 0 Å². The molecule has 2 unspecified atom stereocenters. The van der Waals surface area contributed by atoms with E-state index in [2.05, 4.69) is 15.4 Å². The fourth-order valence-corrected chi connectivity index (χ4v) is 3.82. The van der Waals surface area contributed by atoms with E-state index in [1.807, 2.05) is 0 Å². The smallest absolute Gasteiger partial charge is 0.408 e. The number of carbonyl (C=O) groups is 5. The lowest BCUT2D eigenvalue weighted by atomic mass is 9.87. The summed E-state index contributed by atoms with van der Waals surface area (Å²) in [7, 11) is 1.18. The van der Waals surface area contributed by atoms with Gasteiger partial charge in [0.05, 0.1) is 7.11 Å². The predicted molar refractivity (Wildman–Crippen MR) is 132 cm³/mol. The maximum absolute atomic E-state index is 14.0. The second-order valence-corrected chi connectivity index (χ2v) is 9.83. The van der Waals surface area contributed by atoms with Gasteiger partial charge in [-0.1, -0.05) is 12.1 Å². The Balaban J connectivity index is 2.47. The lowest BCUT2D eigenvalue weighted by Crippen LogP contribution is -2.57. The van der Waals surface area contributed by atoms with E-state index in [0.29, 0.717) is 18.4 Å². The van der Waals surface area contributed by atoms with Crippen LogP contribution in [0, 0.1) is 0 Å². The Morgan fingerprint density at radius 1 is 1.19 bits per heavy atom. The van der Waals surface area contributed by atoms with Gasteiger partial charge in [-0.25, -0.2) is 4.79 Å². The summed E-state index contributed by atoms with van der Waals surface area (Å²) >= 11 is 0. The number of rotatable bonds is 11. The van der Waals surface area contributed by atoms with Gasteiger partial charge in [0.1, 0.15) is 30.0 Å². The number of alkyl carbamates (subject to hydrolysis) is 1. The van der Waals surface area contributed by atoms with Crippen LogP contribution in [-0.4, -0.2) is 71.1 Å². The molecule has 1 saturated carbocycles. The van der Waals surface area contributed by atoms with Gasteiger partial charge in [0.25, 0.3) is 0 Å². The van der Waals surface area contributed by atoms with Gasteiger partial charge in [-0.2, -0.15) is 0 Å². The Hall–Kier alpha value is -3.83. The number of methoxy groups -OCH3 is 1. The number of hydrogen-bond donors (Lipinski definition) is 4. The van der Waals surface area contributed by atoms with Gasteiger partial charge in [-0.3, -0.25) is 19.2 Å². The minimum absolute atomic E-state index is 0.118. The predicted octanol–water partition coefficient (Wildman–Crippen LogP) is 1.26. The van der Waals surface area contributed by atoms with E-state index in [4.69, 9.17) is 10.5 Å². The summed E-state index contributed by atoms with van der Waals surface area (Å²) in [6, 6.07) is 3.03. The molecule has 204 valence electrons. The lowest BCUT2D eigenvalue weighted by Gasteiger charge is -2.43. The molecule has 37 heavy (non-hydrogen) atoms. The van der Waals surface area contributed by atoms with Crippen LogP contribution in [0.15, 0.2) is 24.3 Å². The first-order valence-corrected chi connectivity index (χ1v) is 12.1. The Bertz CT molecular complexity index is 1000. The van der Waals surface area contributed by atoms with Gasteiger partial charge in [0.2, 0.25) is 17.7 Å². The normalized spacial score (nSPS) is 14.9. The summed E-state index contributed by atoms with van der Waals surface area (Å²) in [6.07, 6.45) is 0.827. The minimum Gasteiger partial charge on any atom is -0.508 e. The molecule has 5 N–H and O–H groups in total. The molecule has 1 fully saturated rings. The van der Waals surface area contributed by atoms with Crippen molar-refractivity contribution in [2.45, 2.75) is 76.6 Å². The second-order valence-electron chi connectivity index (χ2n) is 9.83.